The Balaban J connectivity index is 2.68. The van der Waals surface area contributed by atoms with Gasteiger partial charge in [0.15, 0.2) is 11.5 Å². The molecule has 8 heteroatoms. The molecule has 1 unspecified atom stereocenters. The SMILES string of the molecule is CCOC(=O)CC(c1cc(OC)c(O)c(OC)c1)c1c(O)cc(C)[nH]c1=O. The minimum absolute atomic E-state index is 0.0171. The number of rotatable bonds is 7. The third-order valence-corrected chi connectivity index (χ3v) is 4.11. The number of hydrogen-bond acceptors (Lipinski definition) is 7. The van der Waals surface area contributed by atoms with Gasteiger partial charge in [-0.2, -0.15) is 0 Å². The molecule has 0 amide bonds. The summed E-state index contributed by atoms with van der Waals surface area (Å²) in [6.07, 6.45) is -0.190. The maximum atomic E-state index is 12.5. The smallest absolute Gasteiger partial charge is 0.306 e. The molecule has 0 fully saturated rings. The molecule has 1 atom stereocenters. The molecule has 2 aromatic rings. The van der Waals surface area contributed by atoms with Crippen molar-refractivity contribution in [1.82, 2.24) is 4.98 Å². The fourth-order valence-corrected chi connectivity index (χ4v) is 2.91. The van der Waals surface area contributed by atoms with Gasteiger partial charge in [0.25, 0.3) is 5.56 Å². The van der Waals surface area contributed by atoms with Crippen molar-refractivity contribution in [3.8, 4) is 23.0 Å². The Morgan fingerprint density at radius 2 is 1.74 bits per heavy atom. The van der Waals surface area contributed by atoms with Crippen LogP contribution in [0.1, 0.15) is 36.1 Å². The molecule has 0 saturated carbocycles. The van der Waals surface area contributed by atoms with Crippen LogP contribution in [0.15, 0.2) is 23.0 Å². The fraction of sp³-hybridized carbons (Fsp3) is 0.368. The zero-order valence-electron chi connectivity index (χ0n) is 15.7. The number of aromatic amines is 1. The van der Waals surface area contributed by atoms with Crippen molar-refractivity contribution in [3.63, 3.8) is 0 Å². The van der Waals surface area contributed by atoms with Crippen molar-refractivity contribution < 1.29 is 29.2 Å². The number of aromatic nitrogens is 1. The summed E-state index contributed by atoms with van der Waals surface area (Å²) in [5.41, 5.74) is 0.424. The van der Waals surface area contributed by atoms with Crippen molar-refractivity contribution in [2.24, 2.45) is 0 Å². The Morgan fingerprint density at radius 3 is 2.22 bits per heavy atom. The molecule has 0 spiro atoms. The van der Waals surface area contributed by atoms with E-state index in [1.165, 1.54) is 32.4 Å². The topological polar surface area (TPSA) is 118 Å². The van der Waals surface area contributed by atoms with Gasteiger partial charge in [0.1, 0.15) is 5.75 Å². The van der Waals surface area contributed by atoms with Crippen LogP contribution in [0.2, 0.25) is 0 Å². The molecule has 0 radical (unpaired) electrons. The molecule has 1 heterocycles. The van der Waals surface area contributed by atoms with Gasteiger partial charge >= 0.3 is 5.97 Å². The predicted octanol–water partition coefficient (Wildman–Crippen LogP) is 2.20. The first kappa shape index (κ1) is 20.2. The number of phenolic OH excluding ortho intramolecular Hbond substituents is 1. The summed E-state index contributed by atoms with van der Waals surface area (Å²) in [6, 6.07) is 4.38. The molecule has 146 valence electrons. The third-order valence-electron chi connectivity index (χ3n) is 4.11. The van der Waals surface area contributed by atoms with Gasteiger partial charge in [-0.25, -0.2) is 0 Å². The highest BCUT2D eigenvalue weighted by Gasteiger charge is 2.27. The van der Waals surface area contributed by atoms with E-state index in [0.717, 1.165) is 0 Å². The summed E-state index contributed by atoms with van der Waals surface area (Å²) in [7, 11) is 2.74. The van der Waals surface area contributed by atoms with Crippen molar-refractivity contribution in [1.29, 1.82) is 0 Å². The zero-order chi connectivity index (χ0) is 20.1. The minimum atomic E-state index is -0.836. The first-order valence-electron chi connectivity index (χ1n) is 8.35. The summed E-state index contributed by atoms with van der Waals surface area (Å²) in [5, 5.41) is 20.5. The molecule has 3 N–H and O–H groups in total. The van der Waals surface area contributed by atoms with Crippen LogP contribution in [0.5, 0.6) is 23.0 Å². The molecule has 8 nitrogen and oxygen atoms in total. The maximum Gasteiger partial charge on any atom is 0.306 e. The van der Waals surface area contributed by atoms with E-state index in [4.69, 9.17) is 14.2 Å². The molecule has 1 aromatic heterocycles. The Labute approximate surface area is 156 Å². The lowest BCUT2D eigenvalue weighted by molar-refractivity contribution is -0.143. The van der Waals surface area contributed by atoms with E-state index in [-0.39, 0.29) is 41.6 Å². The predicted molar refractivity (Wildman–Crippen MR) is 97.8 cm³/mol. The van der Waals surface area contributed by atoms with E-state index in [9.17, 15) is 19.8 Å². The lowest BCUT2D eigenvalue weighted by atomic mass is 9.88. The number of benzene rings is 1. The van der Waals surface area contributed by atoms with E-state index in [1.54, 1.807) is 13.8 Å². The highest BCUT2D eigenvalue weighted by Crippen LogP contribution is 2.42. The molecular weight excluding hydrogens is 354 g/mol. The summed E-state index contributed by atoms with van der Waals surface area (Å²) in [4.78, 5) is 27.3. The van der Waals surface area contributed by atoms with Crippen LogP contribution in [0.3, 0.4) is 0 Å². The van der Waals surface area contributed by atoms with Crippen molar-refractivity contribution in [2.45, 2.75) is 26.2 Å². The Morgan fingerprint density at radius 1 is 1.15 bits per heavy atom. The number of phenols is 1. The number of ether oxygens (including phenoxy) is 3. The molecule has 0 aliphatic rings. The highest BCUT2D eigenvalue weighted by atomic mass is 16.5. The normalized spacial score (nSPS) is 11.7. The number of methoxy groups -OCH3 is 2. The van der Waals surface area contributed by atoms with E-state index >= 15 is 0 Å². The molecule has 0 aliphatic carbocycles. The average Bonchev–Trinajstić information content (AvgIpc) is 2.60. The molecule has 2 rings (SSSR count). The Kier molecular flexibility index (Phi) is 6.33. The molecule has 0 saturated heterocycles. The second-order valence-electron chi connectivity index (χ2n) is 5.92. The summed E-state index contributed by atoms with van der Waals surface area (Å²) < 4.78 is 15.3. The largest absolute Gasteiger partial charge is 0.507 e. The number of aryl methyl sites for hydroxylation is 1. The number of carbonyl (C=O) groups is 1. The third kappa shape index (κ3) is 4.33. The van der Waals surface area contributed by atoms with Crippen LogP contribution >= 0.6 is 0 Å². The highest BCUT2D eigenvalue weighted by molar-refractivity contribution is 5.72. The summed E-state index contributed by atoms with van der Waals surface area (Å²) in [6.45, 7) is 3.50. The summed E-state index contributed by atoms with van der Waals surface area (Å²) in [5.74, 6) is -1.59. The van der Waals surface area contributed by atoms with Gasteiger partial charge in [0, 0.05) is 11.6 Å². The van der Waals surface area contributed by atoms with Gasteiger partial charge in [-0.05, 0) is 37.6 Å². The van der Waals surface area contributed by atoms with Crippen molar-refractivity contribution in [2.75, 3.05) is 20.8 Å². The van der Waals surface area contributed by atoms with Gasteiger partial charge in [-0.15, -0.1) is 0 Å². The van der Waals surface area contributed by atoms with E-state index in [2.05, 4.69) is 4.98 Å². The number of carbonyl (C=O) groups excluding carboxylic acids is 1. The van der Waals surface area contributed by atoms with Gasteiger partial charge in [-0.3, -0.25) is 9.59 Å². The number of pyridine rings is 1. The maximum absolute atomic E-state index is 12.5. The molecular formula is C19H23NO7. The van der Waals surface area contributed by atoms with Gasteiger partial charge in [0.05, 0.1) is 32.8 Å². The minimum Gasteiger partial charge on any atom is -0.507 e. The number of hydrogen-bond donors (Lipinski definition) is 3. The quantitative estimate of drug-likeness (QED) is 0.633. The lowest BCUT2D eigenvalue weighted by Gasteiger charge is -2.20. The number of nitrogens with one attached hydrogen (secondary N) is 1. The zero-order valence-corrected chi connectivity index (χ0v) is 15.7. The van der Waals surface area contributed by atoms with Crippen LogP contribution < -0.4 is 15.0 Å². The molecule has 0 bridgehead atoms. The average molecular weight is 377 g/mol. The standard InChI is InChI=1S/C19H23NO7/c1-5-27-16(22)9-12(17-13(21)6-10(2)20-19(17)24)11-7-14(25-3)18(23)15(8-11)26-4/h6-8,12,23H,5,9H2,1-4H3,(H2,20,21,24). The number of esters is 1. The first-order chi connectivity index (χ1) is 12.8. The van der Waals surface area contributed by atoms with Crippen molar-refractivity contribution in [3.05, 3.63) is 45.4 Å². The van der Waals surface area contributed by atoms with Crippen molar-refractivity contribution >= 4 is 5.97 Å². The second kappa shape index (κ2) is 8.48. The monoisotopic (exact) mass is 377 g/mol. The van der Waals surface area contributed by atoms with Gasteiger partial charge < -0.3 is 29.4 Å². The van der Waals surface area contributed by atoms with Crippen LogP contribution in [0, 0.1) is 6.92 Å². The Hall–Kier alpha value is -3.16. The fourth-order valence-electron chi connectivity index (χ4n) is 2.91. The summed E-state index contributed by atoms with van der Waals surface area (Å²) >= 11 is 0. The number of H-pyrrole nitrogens is 1. The Bertz CT molecular complexity index is 863. The molecule has 0 aliphatic heterocycles. The van der Waals surface area contributed by atoms with Gasteiger partial charge in [0.2, 0.25) is 5.75 Å². The lowest BCUT2D eigenvalue weighted by Crippen LogP contribution is -2.21. The number of aromatic hydroxyl groups is 2. The van der Waals surface area contributed by atoms with E-state index < -0.39 is 17.4 Å². The van der Waals surface area contributed by atoms with Crippen LogP contribution in [-0.2, 0) is 9.53 Å². The molecule has 1 aromatic carbocycles. The second-order valence-corrected chi connectivity index (χ2v) is 5.92. The first-order valence-corrected chi connectivity index (χ1v) is 8.35. The van der Waals surface area contributed by atoms with E-state index in [1.807, 2.05) is 0 Å². The van der Waals surface area contributed by atoms with Crippen LogP contribution in [-0.4, -0.2) is 42.0 Å². The van der Waals surface area contributed by atoms with E-state index in [0.29, 0.717) is 11.3 Å². The van der Waals surface area contributed by atoms with Crippen LogP contribution in [0.25, 0.3) is 0 Å². The van der Waals surface area contributed by atoms with Gasteiger partial charge in [-0.1, -0.05) is 0 Å². The molecule has 27 heavy (non-hydrogen) atoms. The van der Waals surface area contributed by atoms with Crippen LogP contribution in [0.4, 0.5) is 0 Å².